The van der Waals surface area contributed by atoms with E-state index in [2.05, 4.69) is 15.0 Å². The van der Waals surface area contributed by atoms with Gasteiger partial charge in [0.2, 0.25) is 21.7 Å². The van der Waals surface area contributed by atoms with Gasteiger partial charge in [-0.15, -0.1) is 0 Å². The van der Waals surface area contributed by atoms with E-state index in [0.717, 1.165) is 5.75 Å². The lowest BCUT2D eigenvalue weighted by Crippen LogP contribution is -2.48. The Labute approximate surface area is 192 Å². The summed E-state index contributed by atoms with van der Waals surface area (Å²) in [4.78, 5) is 6.72. The molecule has 0 bridgehead atoms. The number of rotatable bonds is 9. The molecule has 0 aliphatic carbocycles. The van der Waals surface area contributed by atoms with E-state index in [9.17, 15) is 8.42 Å². The maximum absolute atomic E-state index is 12.9. The number of sulfonamides is 1. The van der Waals surface area contributed by atoms with E-state index in [-0.39, 0.29) is 11.5 Å². The van der Waals surface area contributed by atoms with Crippen LogP contribution >= 0.6 is 0 Å². The van der Waals surface area contributed by atoms with Gasteiger partial charge in [0.1, 0.15) is 17.2 Å². The fourth-order valence-electron chi connectivity index (χ4n) is 3.45. The molecular weight excluding hydrogens is 448 g/mol. The number of hydrogen-bond donors (Lipinski definition) is 0. The van der Waals surface area contributed by atoms with E-state index in [4.69, 9.17) is 18.7 Å². The van der Waals surface area contributed by atoms with Crippen LogP contribution in [0.1, 0.15) is 11.7 Å². The number of piperazine rings is 1. The molecule has 11 heteroatoms. The Morgan fingerprint density at radius 1 is 0.879 bits per heavy atom. The molecule has 2 heterocycles. The van der Waals surface area contributed by atoms with Crippen LogP contribution < -0.4 is 14.2 Å². The Morgan fingerprint density at radius 3 is 2.06 bits per heavy atom. The van der Waals surface area contributed by atoms with Crippen LogP contribution in [-0.4, -0.2) is 68.2 Å². The molecule has 3 aromatic rings. The van der Waals surface area contributed by atoms with Crippen LogP contribution in [0.2, 0.25) is 0 Å². The number of nitrogens with zero attached hydrogens (tertiary/aromatic N) is 4. The van der Waals surface area contributed by atoms with Crippen molar-refractivity contribution in [2.45, 2.75) is 18.0 Å². The molecule has 0 N–H and O–H groups in total. The molecule has 176 valence electrons. The molecule has 0 spiro atoms. The molecule has 0 atom stereocenters. The van der Waals surface area contributed by atoms with Gasteiger partial charge in [0, 0.05) is 26.2 Å². The third kappa shape index (κ3) is 5.62. The first-order valence-electron chi connectivity index (χ1n) is 10.4. The summed E-state index contributed by atoms with van der Waals surface area (Å²) in [5.41, 5.74) is 0. The van der Waals surface area contributed by atoms with E-state index >= 15 is 0 Å². The predicted molar refractivity (Wildman–Crippen MR) is 119 cm³/mol. The summed E-state index contributed by atoms with van der Waals surface area (Å²) in [5.74, 6) is 2.96. The van der Waals surface area contributed by atoms with Crippen LogP contribution in [0.5, 0.6) is 17.2 Å². The highest BCUT2D eigenvalue weighted by atomic mass is 32.2. The van der Waals surface area contributed by atoms with Crippen molar-refractivity contribution in [1.29, 1.82) is 0 Å². The van der Waals surface area contributed by atoms with Gasteiger partial charge < -0.3 is 18.7 Å². The quantitative estimate of drug-likeness (QED) is 0.461. The summed E-state index contributed by atoms with van der Waals surface area (Å²) in [6, 6.07) is 13.7. The molecule has 0 saturated carbocycles. The Balaban J connectivity index is 1.27. The lowest BCUT2D eigenvalue weighted by molar-refractivity contribution is 0.163. The number of benzene rings is 2. The highest BCUT2D eigenvalue weighted by Crippen LogP contribution is 2.21. The van der Waals surface area contributed by atoms with Gasteiger partial charge in [-0.2, -0.15) is 9.29 Å². The lowest BCUT2D eigenvalue weighted by atomic mass is 10.3. The molecule has 0 amide bonds. The SMILES string of the molecule is COc1ccc(OCc2noc(CN3CCN(S(=O)(=O)c4ccc(OC)cc4)CC3)n2)cc1. The second kappa shape index (κ2) is 10.2. The van der Waals surface area contributed by atoms with Gasteiger partial charge in [-0.1, -0.05) is 5.16 Å². The van der Waals surface area contributed by atoms with Crippen LogP contribution in [-0.2, 0) is 23.2 Å². The zero-order valence-corrected chi connectivity index (χ0v) is 19.3. The molecule has 10 nitrogen and oxygen atoms in total. The molecule has 1 fully saturated rings. The fraction of sp³-hybridized carbons (Fsp3) is 0.364. The molecule has 1 saturated heterocycles. The zero-order chi connectivity index (χ0) is 23.3. The van der Waals surface area contributed by atoms with Crippen molar-refractivity contribution in [1.82, 2.24) is 19.3 Å². The van der Waals surface area contributed by atoms with Crippen LogP contribution in [0.3, 0.4) is 0 Å². The maximum Gasteiger partial charge on any atom is 0.243 e. The fourth-order valence-corrected chi connectivity index (χ4v) is 4.87. The zero-order valence-electron chi connectivity index (χ0n) is 18.5. The Hall–Kier alpha value is -3.15. The summed E-state index contributed by atoms with van der Waals surface area (Å²) in [6.45, 7) is 2.53. The van der Waals surface area contributed by atoms with Gasteiger partial charge in [-0.05, 0) is 48.5 Å². The minimum absolute atomic E-state index is 0.184. The van der Waals surface area contributed by atoms with Crippen molar-refractivity contribution in [3.05, 3.63) is 60.2 Å². The Morgan fingerprint density at radius 2 is 1.45 bits per heavy atom. The van der Waals surface area contributed by atoms with E-state index < -0.39 is 10.0 Å². The van der Waals surface area contributed by atoms with Gasteiger partial charge in [0.15, 0.2) is 6.61 Å². The van der Waals surface area contributed by atoms with Crippen molar-refractivity contribution in [3.8, 4) is 17.2 Å². The minimum atomic E-state index is -3.54. The van der Waals surface area contributed by atoms with Crippen LogP contribution in [0.25, 0.3) is 0 Å². The molecule has 1 aliphatic rings. The van der Waals surface area contributed by atoms with Gasteiger partial charge >= 0.3 is 0 Å². The summed E-state index contributed by atoms with van der Waals surface area (Å²) >= 11 is 0. The van der Waals surface area contributed by atoms with Crippen molar-refractivity contribution < 1.29 is 27.2 Å². The first kappa shape index (κ1) is 23.0. The monoisotopic (exact) mass is 474 g/mol. The van der Waals surface area contributed by atoms with Crippen LogP contribution in [0.4, 0.5) is 0 Å². The second-order valence-corrected chi connectivity index (χ2v) is 9.36. The second-order valence-electron chi connectivity index (χ2n) is 7.42. The first-order valence-corrected chi connectivity index (χ1v) is 11.9. The highest BCUT2D eigenvalue weighted by molar-refractivity contribution is 7.89. The molecule has 0 unspecified atom stereocenters. The van der Waals surface area contributed by atoms with Gasteiger partial charge in [0.25, 0.3) is 0 Å². The molecule has 1 aromatic heterocycles. The van der Waals surface area contributed by atoms with E-state index in [1.807, 2.05) is 12.1 Å². The van der Waals surface area contributed by atoms with Gasteiger partial charge in [-0.25, -0.2) is 8.42 Å². The number of ether oxygens (including phenoxy) is 3. The van der Waals surface area contributed by atoms with Crippen molar-refractivity contribution in [2.24, 2.45) is 0 Å². The molecule has 33 heavy (non-hydrogen) atoms. The molecule has 2 aromatic carbocycles. The smallest absolute Gasteiger partial charge is 0.243 e. The topological polar surface area (TPSA) is 107 Å². The van der Waals surface area contributed by atoms with Crippen molar-refractivity contribution in [2.75, 3.05) is 40.4 Å². The molecule has 0 radical (unpaired) electrons. The number of methoxy groups -OCH3 is 2. The van der Waals surface area contributed by atoms with Crippen LogP contribution in [0, 0.1) is 0 Å². The number of hydrogen-bond acceptors (Lipinski definition) is 9. The average Bonchev–Trinajstić information content (AvgIpc) is 3.30. The highest BCUT2D eigenvalue weighted by Gasteiger charge is 2.29. The van der Waals surface area contributed by atoms with Gasteiger partial charge in [-0.3, -0.25) is 4.90 Å². The van der Waals surface area contributed by atoms with E-state index in [0.29, 0.717) is 55.9 Å². The predicted octanol–water partition coefficient (Wildman–Crippen LogP) is 2.17. The molecular formula is C22H26N4O6S. The largest absolute Gasteiger partial charge is 0.497 e. The maximum atomic E-state index is 12.9. The first-order chi connectivity index (χ1) is 16.0. The van der Waals surface area contributed by atoms with E-state index in [1.54, 1.807) is 50.6 Å². The summed E-state index contributed by atoms with van der Waals surface area (Å²) in [6.07, 6.45) is 0. The molecule has 4 rings (SSSR count). The third-order valence-corrected chi connectivity index (χ3v) is 7.24. The average molecular weight is 475 g/mol. The normalized spacial score (nSPS) is 15.3. The van der Waals surface area contributed by atoms with Crippen molar-refractivity contribution >= 4 is 10.0 Å². The summed E-state index contributed by atoms with van der Waals surface area (Å²) in [5, 5.41) is 3.96. The minimum Gasteiger partial charge on any atom is -0.497 e. The summed E-state index contributed by atoms with van der Waals surface area (Å²) < 4.78 is 48.5. The Kier molecular flexibility index (Phi) is 7.11. The lowest BCUT2D eigenvalue weighted by Gasteiger charge is -2.33. The summed E-state index contributed by atoms with van der Waals surface area (Å²) in [7, 11) is -0.390. The number of aromatic nitrogens is 2. The van der Waals surface area contributed by atoms with Crippen LogP contribution in [0.15, 0.2) is 57.9 Å². The third-order valence-electron chi connectivity index (χ3n) is 5.32. The van der Waals surface area contributed by atoms with E-state index in [1.165, 1.54) is 4.31 Å². The van der Waals surface area contributed by atoms with Crippen molar-refractivity contribution in [3.63, 3.8) is 0 Å². The molecule has 1 aliphatic heterocycles. The van der Waals surface area contributed by atoms with Gasteiger partial charge in [0.05, 0.1) is 25.7 Å². The Bertz CT molecular complexity index is 1140. The standard InChI is InChI=1S/C22H26N4O6S/c1-29-17-3-5-19(6-4-17)31-16-21-23-22(32-24-21)15-25-11-13-26(14-12-25)33(27,28)20-9-7-18(30-2)8-10-20/h3-10H,11-16H2,1-2H3.